The molecule has 1 heterocycles. The Morgan fingerprint density at radius 3 is 2.67 bits per heavy atom. The summed E-state index contributed by atoms with van der Waals surface area (Å²) in [6.07, 6.45) is 10.7. The van der Waals surface area contributed by atoms with Gasteiger partial charge in [-0.1, -0.05) is 18.9 Å². The lowest BCUT2D eigenvalue weighted by Gasteiger charge is -2.16. The third kappa shape index (κ3) is 4.04. The molecular weight excluding hydrogens is 342 g/mol. The summed E-state index contributed by atoms with van der Waals surface area (Å²) in [6.45, 7) is -0.300. The van der Waals surface area contributed by atoms with Crippen LogP contribution < -0.4 is 5.32 Å². The van der Waals surface area contributed by atoms with Gasteiger partial charge < -0.3 is 10.1 Å². The van der Waals surface area contributed by atoms with Crippen LogP contribution >= 0.6 is 0 Å². The quantitative estimate of drug-likeness (QED) is 0.819. The highest BCUT2D eigenvalue weighted by atomic mass is 16.5. The third-order valence-electron chi connectivity index (χ3n) is 5.53. The summed E-state index contributed by atoms with van der Waals surface area (Å²) in [5, 5.41) is 7.14. The van der Waals surface area contributed by atoms with E-state index in [0.29, 0.717) is 17.4 Å². The Kier molecular flexibility index (Phi) is 5.23. The number of aromatic nitrogens is 2. The van der Waals surface area contributed by atoms with E-state index in [-0.39, 0.29) is 12.5 Å². The summed E-state index contributed by atoms with van der Waals surface area (Å²) in [6, 6.07) is 7.82. The number of ether oxygens (including phenoxy) is 1. The zero-order valence-electron chi connectivity index (χ0n) is 15.4. The standard InChI is InChI=1S/C21H25N3O3/c25-20(23-19-11-12-22-24(19)18-7-3-4-8-18)14-27-21(26)17-10-9-15-5-1-2-6-16(15)13-17/h9-13,18H,1-8,14H2,(H,23,25). The number of esters is 1. The van der Waals surface area contributed by atoms with E-state index in [2.05, 4.69) is 10.4 Å². The molecule has 0 radical (unpaired) electrons. The number of carbonyl (C=O) groups is 2. The number of rotatable bonds is 5. The third-order valence-corrected chi connectivity index (χ3v) is 5.53. The summed E-state index contributed by atoms with van der Waals surface area (Å²) in [5.74, 6) is -0.138. The number of nitrogens with zero attached hydrogens (tertiary/aromatic N) is 2. The molecular formula is C21H25N3O3. The number of nitrogens with one attached hydrogen (secondary N) is 1. The number of hydrogen-bond acceptors (Lipinski definition) is 4. The van der Waals surface area contributed by atoms with Gasteiger partial charge in [0.05, 0.1) is 17.8 Å². The van der Waals surface area contributed by atoms with Crippen molar-refractivity contribution in [2.45, 2.75) is 57.4 Å². The Bertz CT molecular complexity index is 837. The topological polar surface area (TPSA) is 73.2 Å². The van der Waals surface area contributed by atoms with Gasteiger partial charge >= 0.3 is 5.97 Å². The van der Waals surface area contributed by atoms with Gasteiger partial charge in [0.2, 0.25) is 0 Å². The molecule has 1 fully saturated rings. The number of fused-ring (bicyclic) bond motifs is 1. The minimum atomic E-state index is -0.456. The predicted molar refractivity (Wildman–Crippen MR) is 102 cm³/mol. The van der Waals surface area contributed by atoms with Crippen LogP contribution in [0.25, 0.3) is 0 Å². The molecule has 1 aromatic carbocycles. The summed E-state index contributed by atoms with van der Waals surface area (Å²) in [4.78, 5) is 24.5. The molecule has 2 aliphatic carbocycles. The molecule has 2 aliphatic rings. The van der Waals surface area contributed by atoms with Crippen molar-refractivity contribution in [1.29, 1.82) is 0 Å². The second kappa shape index (κ2) is 7.94. The van der Waals surface area contributed by atoms with Crippen LogP contribution in [0.1, 0.15) is 66.1 Å². The smallest absolute Gasteiger partial charge is 0.338 e. The molecule has 0 unspecified atom stereocenters. The molecule has 0 spiro atoms. The molecule has 2 aromatic rings. The number of carbonyl (C=O) groups excluding carboxylic acids is 2. The minimum absolute atomic E-state index is 0.300. The molecule has 6 nitrogen and oxygen atoms in total. The van der Waals surface area contributed by atoms with Gasteiger partial charge in [-0.3, -0.25) is 4.79 Å². The van der Waals surface area contributed by atoms with E-state index >= 15 is 0 Å². The molecule has 27 heavy (non-hydrogen) atoms. The first-order valence-corrected chi connectivity index (χ1v) is 9.83. The fraction of sp³-hybridized carbons (Fsp3) is 0.476. The van der Waals surface area contributed by atoms with E-state index in [1.54, 1.807) is 18.3 Å². The van der Waals surface area contributed by atoms with Crippen LogP contribution in [0.2, 0.25) is 0 Å². The highest BCUT2D eigenvalue weighted by Crippen LogP contribution is 2.31. The van der Waals surface area contributed by atoms with Crippen molar-refractivity contribution in [2.24, 2.45) is 0 Å². The molecule has 0 aliphatic heterocycles. The van der Waals surface area contributed by atoms with Gasteiger partial charge in [0, 0.05) is 6.07 Å². The lowest BCUT2D eigenvalue weighted by atomic mass is 9.90. The normalized spacial score (nSPS) is 16.7. The van der Waals surface area contributed by atoms with Crippen molar-refractivity contribution < 1.29 is 14.3 Å². The maximum Gasteiger partial charge on any atom is 0.338 e. The van der Waals surface area contributed by atoms with E-state index in [1.807, 2.05) is 16.8 Å². The van der Waals surface area contributed by atoms with Crippen molar-refractivity contribution in [2.75, 3.05) is 11.9 Å². The van der Waals surface area contributed by atoms with Gasteiger partial charge in [-0.05, 0) is 61.8 Å². The second-order valence-corrected chi connectivity index (χ2v) is 7.41. The number of anilines is 1. The fourth-order valence-electron chi connectivity index (χ4n) is 4.11. The van der Waals surface area contributed by atoms with Crippen molar-refractivity contribution in [3.8, 4) is 0 Å². The van der Waals surface area contributed by atoms with E-state index in [1.165, 1.54) is 30.4 Å². The van der Waals surface area contributed by atoms with Gasteiger partial charge in [-0.15, -0.1) is 0 Å². The van der Waals surface area contributed by atoms with Gasteiger partial charge in [-0.2, -0.15) is 5.10 Å². The van der Waals surface area contributed by atoms with Crippen molar-refractivity contribution in [3.63, 3.8) is 0 Å². The maximum atomic E-state index is 12.3. The lowest BCUT2D eigenvalue weighted by Crippen LogP contribution is -2.23. The zero-order valence-corrected chi connectivity index (χ0v) is 15.4. The van der Waals surface area contributed by atoms with Crippen LogP contribution in [-0.2, 0) is 22.4 Å². The Balaban J connectivity index is 1.33. The summed E-state index contributed by atoms with van der Waals surface area (Å²) in [5.41, 5.74) is 3.05. The maximum absolute atomic E-state index is 12.3. The molecule has 1 N–H and O–H groups in total. The number of hydrogen-bond donors (Lipinski definition) is 1. The average molecular weight is 367 g/mol. The Morgan fingerprint density at radius 2 is 1.85 bits per heavy atom. The van der Waals surface area contributed by atoms with E-state index in [4.69, 9.17) is 4.74 Å². The zero-order chi connectivity index (χ0) is 18.6. The molecule has 6 heteroatoms. The lowest BCUT2D eigenvalue weighted by molar-refractivity contribution is -0.119. The first-order valence-electron chi connectivity index (χ1n) is 9.83. The van der Waals surface area contributed by atoms with Crippen LogP contribution in [0.4, 0.5) is 5.82 Å². The summed E-state index contributed by atoms with van der Waals surface area (Å²) < 4.78 is 7.09. The molecule has 4 rings (SSSR count). The van der Waals surface area contributed by atoms with Crippen molar-refractivity contribution >= 4 is 17.7 Å². The molecule has 0 atom stereocenters. The SMILES string of the molecule is O=C(COC(=O)c1ccc2c(c1)CCCC2)Nc1ccnn1C1CCCC1. The summed E-state index contributed by atoms with van der Waals surface area (Å²) >= 11 is 0. The van der Waals surface area contributed by atoms with Crippen LogP contribution in [0, 0.1) is 0 Å². The molecule has 1 aromatic heterocycles. The number of benzene rings is 1. The van der Waals surface area contributed by atoms with Gasteiger partial charge in [0.15, 0.2) is 6.61 Å². The van der Waals surface area contributed by atoms with Gasteiger partial charge in [0.25, 0.3) is 5.91 Å². The molecule has 1 saturated carbocycles. The highest BCUT2D eigenvalue weighted by Gasteiger charge is 2.21. The van der Waals surface area contributed by atoms with Crippen molar-refractivity contribution in [1.82, 2.24) is 9.78 Å². The molecule has 142 valence electrons. The van der Waals surface area contributed by atoms with Crippen LogP contribution in [0.15, 0.2) is 30.5 Å². The van der Waals surface area contributed by atoms with E-state index in [9.17, 15) is 9.59 Å². The predicted octanol–water partition coefficient (Wildman–Crippen LogP) is 3.67. The van der Waals surface area contributed by atoms with Crippen molar-refractivity contribution in [3.05, 3.63) is 47.2 Å². The Labute approximate surface area is 158 Å². The Morgan fingerprint density at radius 1 is 1.07 bits per heavy atom. The molecule has 0 saturated heterocycles. The molecule has 1 amide bonds. The average Bonchev–Trinajstić information content (AvgIpc) is 3.37. The van der Waals surface area contributed by atoms with Gasteiger partial charge in [0.1, 0.15) is 5.82 Å². The van der Waals surface area contributed by atoms with Crippen LogP contribution in [-0.4, -0.2) is 28.3 Å². The van der Waals surface area contributed by atoms with Crippen LogP contribution in [0.3, 0.4) is 0 Å². The largest absolute Gasteiger partial charge is 0.452 e. The van der Waals surface area contributed by atoms with E-state index in [0.717, 1.165) is 32.1 Å². The minimum Gasteiger partial charge on any atom is -0.452 e. The molecule has 0 bridgehead atoms. The Hall–Kier alpha value is -2.63. The number of aryl methyl sites for hydroxylation is 2. The highest BCUT2D eigenvalue weighted by molar-refractivity contribution is 5.95. The first kappa shape index (κ1) is 17.8. The van der Waals surface area contributed by atoms with Crippen LogP contribution in [0.5, 0.6) is 0 Å². The van der Waals surface area contributed by atoms with E-state index < -0.39 is 5.97 Å². The summed E-state index contributed by atoms with van der Waals surface area (Å²) in [7, 11) is 0. The fourth-order valence-corrected chi connectivity index (χ4v) is 4.11. The first-order chi connectivity index (χ1) is 13.2. The second-order valence-electron chi connectivity index (χ2n) is 7.41. The number of amides is 1. The van der Waals surface area contributed by atoms with Gasteiger partial charge in [-0.25, -0.2) is 9.48 Å². The monoisotopic (exact) mass is 367 g/mol.